The number of nitro groups is 1. The second kappa shape index (κ2) is 2.75. The van der Waals surface area contributed by atoms with Crippen molar-refractivity contribution in [3.05, 3.63) is 33.6 Å². The van der Waals surface area contributed by atoms with E-state index in [9.17, 15) is 10.1 Å². The Kier molecular flexibility index (Phi) is 1.78. The summed E-state index contributed by atoms with van der Waals surface area (Å²) in [6.07, 6.45) is 3.12. The molecule has 0 radical (unpaired) electrons. The first kappa shape index (κ1) is 9.08. The number of aromatic nitrogens is 1. The van der Waals surface area contributed by atoms with Crippen LogP contribution in [-0.2, 0) is 5.54 Å². The van der Waals surface area contributed by atoms with Crippen molar-refractivity contribution < 1.29 is 4.92 Å². The van der Waals surface area contributed by atoms with Gasteiger partial charge in [0.05, 0.1) is 16.2 Å². The summed E-state index contributed by atoms with van der Waals surface area (Å²) in [6.45, 7) is 1.70. The molecule has 1 aromatic rings. The maximum Gasteiger partial charge on any atom is 0.290 e. The molecule has 0 atom stereocenters. The fourth-order valence-electron chi connectivity index (χ4n) is 1.40. The highest BCUT2D eigenvalue weighted by molar-refractivity contribution is 5.40. The SMILES string of the molecule is Cc1cc(C2(N)CC2)ncc1[N+](=O)[O-]. The van der Waals surface area contributed by atoms with E-state index in [2.05, 4.69) is 4.98 Å². The van der Waals surface area contributed by atoms with Crippen molar-refractivity contribution in [2.75, 3.05) is 0 Å². The van der Waals surface area contributed by atoms with Crippen molar-refractivity contribution >= 4 is 5.69 Å². The van der Waals surface area contributed by atoms with E-state index < -0.39 is 4.92 Å². The topological polar surface area (TPSA) is 82.0 Å². The number of hydrogen-bond acceptors (Lipinski definition) is 4. The lowest BCUT2D eigenvalue weighted by Gasteiger charge is -2.07. The van der Waals surface area contributed by atoms with E-state index in [4.69, 9.17) is 5.73 Å². The number of nitrogens with zero attached hydrogens (tertiary/aromatic N) is 2. The average molecular weight is 193 g/mol. The molecule has 1 fully saturated rings. The zero-order valence-electron chi connectivity index (χ0n) is 7.86. The van der Waals surface area contributed by atoms with Crippen molar-refractivity contribution in [2.24, 2.45) is 5.73 Å². The smallest absolute Gasteiger partial charge is 0.290 e. The molecule has 0 spiro atoms. The van der Waals surface area contributed by atoms with Crippen LogP contribution in [0.4, 0.5) is 5.69 Å². The summed E-state index contributed by atoms with van der Waals surface area (Å²) in [6, 6.07) is 1.71. The molecule has 1 aliphatic rings. The van der Waals surface area contributed by atoms with Gasteiger partial charge in [0.15, 0.2) is 0 Å². The molecule has 5 nitrogen and oxygen atoms in total. The van der Waals surface area contributed by atoms with E-state index in [1.165, 1.54) is 6.20 Å². The highest BCUT2D eigenvalue weighted by atomic mass is 16.6. The van der Waals surface area contributed by atoms with Gasteiger partial charge in [-0.2, -0.15) is 0 Å². The highest BCUT2D eigenvalue weighted by Gasteiger charge is 2.41. The summed E-state index contributed by atoms with van der Waals surface area (Å²) in [7, 11) is 0. The molecule has 0 saturated heterocycles. The third kappa shape index (κ3) is 1.35. The van der Waals surface area contributed by atoms with Crippen molar-refractivity contribution in [3.8, 4) is 0 Å². The summed E-state index contributed by atoms with van der Waals surface area (Å²) in [5, 5.41) is 10.5. The molecule has 0 aromatic carbocycles. The van der Waals surface area contributed by atoms with Gasteiger partial charge in [0.2, 0.25) is 0 Å². The van der Waals surface area contributed by atoms with Gasteiger partial charge in [-0.25, -0.2) is 0 Å². The van der Waals surface area contributed by atoms with Gasteiger partial charge in [-0.15, -0.1) is 0 Å². The van der Waals surface area contributed by atoms with E-state index in [1.54, 1.807) is 13.0 Å². The van der Waals surface area contributed by atoms with Crippen LogP contribution >= 0.6 is 0 Å². The summed E-state index contributed by atoms with van der Waals surface area (Å²) in [4.78, 5) is 14.1. The number of pyridine rings is 1. The van der Waals surface area contributed by atoms with E-state index in [1.807, 2.05) is 0 Å². The Hall–Kier alpha value is -1.49. The van der Waals surface area contributed by atoms with Gasteiger partial charge in [-0.3, -0.25) is 15.1 Å². The Morgan fingerprint density at radius 1 is 1.64 bits per heavy atom. The molecular weight excluding hydrogens is 182 g/mol. The average Bonchev–Trinajstić information content (AvgIpc) is 2.84. The maximum absolute atomic E-state index is 10.5. The molecule has 74 valence electrons. The van der Waals surface area contributed by atoms with Gasteiger partial charge in [0.1, 0.15) is 6.20 Å². The molecule has 1 saturated carbocycles. The summed E-state index contributed by atoms with van der Waals surface area (Å²) < 4.78 is 0. The molecule has 0 aliphatic heterocycles. The Bertz CT molecular complexity index is 399. The fraction of sp³-hybridized carbons (Fsp3) is 0.444. The van der Waals surface area contributed by atoms with Crippen LogP contribution in [0.5, 0.6) is 0 Å². The molecule has 1 aromatic heterocycles. The zero-order valence-corrected chi connectivity index (χ0v) is 7.86. The molecule has 1 heterocycles. The van der Waals surface area contributed by atoms with E-state index in [-0.39, 0.29) is 11.2 Å². The number of hydrogen-bond donors (Lipinski definition) is 1. The lowest BCUT2D eigenvalue weighted by Crippen LogP contribution is -2.20. The maximum atomic E-state index is 10.5. The third-order valence-corrected chi connectivity index (χ3v) is 2.58. The predicted octanol–water partition coefficient (Wildman–Crippen LogP) is 1.25. The molecule has 0 unspecified atom stereocenters. The lowest BCUT2D eigenvalue weighted by molar-refractivity contribution is -0.385. The highest BCUT2D eigenvalue weighted by Crippen LogP contribution is 2.42. The third-order valence-electron chi connectivity index (χ3n) is 2.58. The van der Waals surface area contributed by atoms with E-state index >= 15 is 0 Å². The van der Waals surface area contributed by atoms with Gasteiger partial charge in [0, 0.05) is 5.56 Å². The number of nitrogens with two attached hydrogens (primary N) is 1. The molecule has 14 heavy (non-hydrogen) atoms. The molecule has 1 aliphatic carbocycles. The van der Waals surface area contributed by atoms with Crippen LogP contribution in [0, 0.1) is 17.0 Å². The van der Waals surface area contributed by atoms with Crippen LogP contribution in [-0.4, -0.2) is 9.91 Å². The van der Waals surface area contributed by atoms with Crippen LogP contribution in [0.15, 0.2) is 12.3 Å². The van der Waals surface area contributed by atoms with Crippen molar-refractivity contribution in [1.29, 1.82) is 0 Å². The minimum atomic E-state index is -0.428. The van der Waals surface area contributed by atoms with Crippen LogP contribution < -0.4 is 5.73 Å². The Labute approximate surface area is 81.1 Å². The quantitative estimate of drug-likeness (QED) is 0.566. The molecular formula is C9H11N3O2. The number of rotatable bonds is 2. The van der Waals surface area contributed by atoms with E-state index in [0.717, 1.165) is 18.5 Å². The normalized spacial score (nSPS) is 17.9. The molecule has 5 heteroatoms. The Morgan fingerprint density at radius 2 is 2.29 bits per heavy atom. The van der Waals surface area contributed by atoms with Crippen LogP contribution in [0.1, 0.15) is 24.1 Å². The molecule has 2 rings (SSSR count). The van der Waals surface area contributed by atoms with Crippen molar-refractivity contribution in [1.82, 2.24) is 4.98 Å². The van der Waals surface area contributed by atoms with Gasteiger partial charge < -0.3 is 5.73 Å². The zero-order chi connectivity index (χ0) is 10.3. The summed E-state index contributed by atoms with van der Waals surface area (Å²) >= 11 is 0. The Morgan fingerprint density at radius 3 is 2.71 bits per heavy atom. The molecule has 0 bridgehead atoms. The minimum absolute atomic E-state index is 0.0537. The van der Waals surface area contributed by atoms with Gasteiger partial charge in [0.25, 0.3) is 5.69 Å². The monoisotopic (exact) mass is 193 g/mol. The lowest BCUT2D eigenvalue weighted by atomic mass is 10.1. The van der Waals surface area contributed by atoms with Gasteiger partial charge in [-0.05, 0) is 25.8 Å². The van der Waals surface area contributed by atoms with Gasteiger partial charge >= 0.3 is 0 Å². The van der Waals surface area contributed by atoms with Crippen molar-refractivity contribution in [2.45, 2.75) is 25.3 Å². The standard InChI is InChI=1S/C9H11N3O2/c1-6-4-8(9(10)2-3-9)11-5-7(6)12(13)14/h4-5H,2-3,10H2,1H3. The van der Waals surface area contributed by atoms with Crippen LogP contribution in [0.25, 0.3) is 0 Å². The largest absolute Gasteiger partial charge is 0.320 e. The first-order valence-corrected chi connectivity index (χ1v) is 4.43. The number of aryl methyl sites for hydroxylation is 1. The van der Waals surface area contributed by atoms with Crippen LogP contribution in [0.3, 0.4) is 0 Å². The first-order valence-electron chi connectivity index (χ1n) is 4.43. The fourth-order valence-corrected chi connectivity index (χ4v) is 1.40. The second-order valence-electron chi connectivity index (χ2n) is 3.77. The summed E-state index contributed by atoms with van der Waals surface area (Å²) in [5.41, 5.74) is 7.05. The predicted molar refractivity (Wildman–Crippen MR) is 50.7 cm³/mol. The second-order valence-corrected chi connectivity index (χ2v) is 3.77. The minimum Gasteiger partial charge on any atom is -0.320 e. The summed E-state index contributed by atoms with van der Waals surface area (Å²) in [5.74, 6) is 0. The van der Waals surface area contributed by atoms with Crippen molar-refractivity contribution in [3.63, 3.8) is 0 Å². The van der Waals surface area contributed by atoms with Crippen LogP contribution in [0.2, 0.25) is 0 Å². The molecule has 2 N–H and O–H groups in total. The van der Waals surface area contributed by atoms with Gasteiger partial charge in [-0.1, -0.05) is 0 Å². The van der Waals surface area contributed by atoms with E-state index in [0.29, 0.717) is 5.56 Å². The Balaban J connectivity index is 2.40. The first-order chi connectivity index (χ1) is 6.53. The molecule has 0 amide bonds.